The fourth-order valence-corrected chi connectivity index (χ4v) is 3.45. The maximum absolute atomic E-state index is 13.3. The second-order valence-corrected chi connectivity index (χ2v) is 6.27. The molecule has 0 spiro atoms. The summed E-state index contributed by atoms with van der Waals surface area (Å²) in [5, 5.41) is 8.65. The van der Waals surface area contributed by atoms with Gasteiger partial charge >= 0.3 is 12.4 Å². The highest BCUT2D eigenvalue weighted by Crippen LogP contribution is 2.47. The molecular weight excluding hydrogens is 360 g/mol. The standard InChI is InChI=1S/C17H13F6N3/c18-16(19,20)9-5-11(17(21,22)23)14-12(6-9)25-15(26-14)13-10-4-2-1-3-8(10)7-24-13/h1-6,13,15,24-26H,7H2. The molecule has 4 rings (SSSR count). The maximum atomic E-state index is 13.3. The SMILES string of the molecule is FC(F)(F)c1cc2c(c(C(F)(F)F)c1)NC(C1NCc3ccccc31)N2. The summed E-state index contributed by atoms with van der Waals surface area (Å²) >= 11 is 0. The molecule has 2 heterocycles. The Morgan fingerprint density at radius 3 is 2.31 bits per heavy atom. The van der Waals surface area contributed by atoms with Crippen LogP contribution in [0.15, 0.2) is 36.4 Å². The van der Waals surface area contributed by atoms with Crippen LogP contribution in [0.3, 0.4) is 0 Å². The van der Waals surface area contributed by atoms with Gasteiger partial charge in [0.2, 0.25) is 0 Å². The summed E-state index contributed by atoms with van der Waals surface area (Å²) in [5.74, 6) is 0. The van der Waals surface area contributed by atoms with Gasteiger partial charge < -0.3 is 16.0 Å². The highest BCUT2D eigenvalue weighted by atomic mass is 19.4. The lowest BCUT2D eigenvalue weighted by Crippen LogP contribution is -2.35. The van der Waals surface area contributed by atoms with Crippen LogP contribution in [0.25, 0.3) is 0 Å². The minimum absolute atomic E-state index is 0.145. The molecule has 9 heteroatoms. The Balaban J connectivity index is 1.73. The van der Waals surface area contributed by atoms with Crippen LogP contribution in [0.5, 0.6) is 0 Å². The molecule has 0 saturated carbocycles. The van der Waals surface area contributed by atoms with E-state index in [-0.39, 0.29) is 23.5 Å². The van der Waals surface area contributed by atoms with Crippen molar-refractivity contribution in [1.29, 1.82) is 0 Å². The van der Waals surface area contributed by atoms with Crippen LogP contribution in [-0.2, 0) is 18.9 Å². The Labute approximate surface area is 144 Å². The highest BCUT2D eigenvalue weighted by Gasteiger charge is 2.43. The number of anilines is 2. The van der Waals surface area contributed by atoms with E-state index in [4.69, 9.17) is 0 Å². The van der Waals surface area contributed by atoms with Crippen molar-refractivity contribution in [2.75, 3.05) is 10.6 Å². The van der Waals surface area contributed by atoms with Gasteiger partial charge in [0.05, 0.1) is 28.5 Å². The number of hydrogen-bond acceptors (Lipinski definition) is 3. The molecule has 0 bridgehead atoms. The van der Waals surface area contributed by atoms with Crippen molar-refractivity contribution in [3.8, 4) is 0 Å². The molecule has 2 aromatic carbocycles. The van der Waals surface area contributed by atoms with Crippen molar-refractivity contribution in [3.05, 3.63) is 58.7 Å². The molecule has 2 atom stereocenters. The molecule has 0 saturated heterocycles. The van der Waals surface area contributed by atoms with Crippen LogP contribution in [0, 0.1) is 0 Å². The van der Waals surface area contributed by atoms with Crippen molar-refractivity contribution in [1.82, 2.24) is 5.32 Å². The number of alkyl halides is 6. The van der Waals surface area contributed by atoms with Crippen molar-refractivity contribution in [2.24, 2.45) is 0 Å². The minimum atomic E-state index is -4.91. The van der Waals surface area contributed by atoms with Gasteiger partial charge in [0, 0.05) is 6.54 Å². The first-order valence-electron chi connectivity index (χ1n) is 7.81. The van der Waals surface area contributed by atoms with Gasteiger partial charge in [-0.15, -0.1) is 0 Å². The van der Waals surface area contributed by atoms with Crippen LogP contribution in [0.4, 0.5) is 37.7 Å². The maximum Gasteiger partial charge on any atom is 0.418 e. The number of nitrogens with one attached hydrogen (secondary N) is 3. The zero-order valence-corrected chi connectivity index (χ0v) is 13.1. The fourth-order valence-electron chi connectivity index (χ4n) is 3.45. The zero-order valence-electron chi connectivity index (χ0n) is 13.1. The van der Waals surface area contributed by atoms with Gasteiger partial charge in [-0.05, 0) is 23.3 Å². The van der Waals surface area contributed by atoms with Crippen LogP contribution in [0.1, 0.15) is 28.3 Å². The minimum Gasteiger partial charge on any atom is -0.362 e. The van der Waals surface area contributed by atoms with E-state index < -0.39 is 29.6 Å². The quantitative estimate of drug-likeness (QED) is 0.633. The fraction of sp³-hybridized carbons (Fsp3) is 0.294. The molecule has 0 aromatic heterocycles. The first-order chi connectivity index (χ1) is 12.1. The Bertz CT molecular complexity index is 859. The first-order valence-corrected chi connectivity index (χ1v) is 7.81. The molecule has 0 aliphatic carbocycles. The summed E-state index contributed by atoms with van der Waals surface area (Å²) in [6.07, 6.45) is -10.5. The third kappa shape index (κ3) is 2.76. The summed E-state index contributed by atoms with van der Waals surface area (Å²) < 4.78 is 78.9. The van der Waals surface area contributed by atoms with Crippen molar-refractivity contribution in [3.63, 3.8) is 0 Å². The highest BCUT2D eigenvalue weighted by molar-refractivity contribution is 5.80. The summed E-state index contributed by atoms with van der Waals surface area (Å²) in [6.45, 7) is 0.539. The molecule has 3 nitrogen and oxygen atoms in total. The third-order valence-electron chi connectivity index (χ3n) is 4.62. The summed E-state index contributed by atoms with van der Waals surface area (Å²) in [4.78, 5) is 0. The second kappa shape index (κ2) is 5.54. The summed E-state index contributed by atoms with van der Waals surface area (Å²) in [7, 11) is 0. The van der Waals surface area contributed by atoms with Gasteiger partial charge in [-0.25, -0.2) is 0 Å². The monoisotopic (exact) mass is 373 g/mol. The van der Waals surface area contributed by atoms with Crippen molar-refractivity contribution >= 4 is 11.4 Å². The lowest BCUT2D eigenvalue weighted by atomic mass is 10.0. The molecule has 3 N–H and O–H groups in total. The van der Waals surface area contributed by atoms with E-state index in [1.165, 1.54) is 0 Å². The van der Waals surface area contributed by atoms with Gasteiger partial charge in [-0.1, -0.05) is 24.3 Å². The van der Waals surface area contributed by atoms with Gasteiger partial charge in [-0.3, -0.25) is 0 Å². The topological polar surface area (TPSA) is 36.1 Å². The Hall–Kier alpha value is -2.42. The van der Waals surface area contributed by atoms with Gasteiger partial charge in [0.25, 0.3) is 0 Å². The molecule has 2 aromatic rings. The number of benzene rings is 2. The zero-order chi connectivity index (χ0) is 18.7. The Kier molecular flexibility index (Phi) is 3.62. The molecule has 26 heavy (non-hydrogen) atoms. The third-order valence-corrected chi connectivity index (χ3v) is 4.62. The molecule has 2 aliphatic rings. The van der Waals surface area contributed by atoms with Gasteiger partial charge in [-0.2, -0.15) is 26.3 Å². The number of hydrogen-bond donors (Lipinski definition) is 3. The first kappa shape index (κ1) is 17.0. The van der Waals surface area contributed by atoms with E-state index in [0.29, 0.717) is 12.6 Å². The normalized spacial score (nSPS) is 21.8. The molecule has 0 fully saturated rings. The molecule has 0 amide bonds. The molecule has 2 aliphatic heterocycles. The lowest BCUT2D eigenvalue weighted by Gasteiger charge is -2.22. The number of fused-ring (bicyclic) bond motifs is 2. The van der Waals surface area contributed by atoms with Crippen LogP contribution < -0.4 is 16.0 Å². The lowest BCUT2D eigenvalue weighted by molar-refractivity contribution is -0.142. The molecular formula is C17H13F6N3. The van der Waals surface area contributed by atoms with Gasteiger partial charge in [0.15, 0.2) is 0 Å². The van der Waals surface area contributed by atoms with Crippen LogP contribution in [0.2, 0.25) is 0 Å². The van der Waals surface area contributed by atoms with Crippen molar-refractivity contribution in [2.45, 2.75) is 31.1 Å². The molecule has 2 unspecified atom stereocenters. The predicted octanol–water partition coefficient (Wildman–Crippen LogP) is 4.73. The average Bonchev–Trinajstić information content (AvgIpc) is 3.15. The Morgan fingerprint density at radius 1 is 0.885 bits per heavy atom. The van der Waals surface area contributed by atoms with Crippen LogP contribution >= 0.6 is 0 Å². The molecule has 0 radical (unpaired) electrons. The second-order valence-electron chi connectivity index (χ2n) is 6.27. The predicted molar refractivity (Wildman–Crippen MR) is 83.5 cm³/mol. The van der Waals surface area contributed by atoms with E-state index in [9.17, 15) is 26.3 Å². The summed E-state index contributed by atoms with van der Waals surface area (Å²) in [5.41, 5.74) is -1.33. The van der Waals surface area contributed by atoms with E-state index in [0.717, 1.165) is 11.1 Å². The molecule has 138 valence electrons. The average molecular weight is 373 g/mol. The van der Waals surface area contributed by atoms with E-state index >= 15 is 0 Å². The smallest absolute Gasteiger partial charge is 0.362 e. The van der Waals surface area contributed by atoms with E-state index in [1.54, 1.807) is 0 Å². The number of rotatable bonds is 1. The summed E-state index contributed by atoms with van der Waals surface area (Å²) in [6, 6.07) is 7.89. The largest absolute Gasteiger partial charge is 0.418 e. The van der Waals surface area contributed by atoms with Crippen LogP contribution in [-0.4, -0.2) is 6.17 Å². The number of halogens is 6. The Morgan fingerprint density at radius 2 is 1.62 bits per heavy atom. The van der Waals surface area contributed by atoms with Gasteiger partial charge in [0.1, 0.15) is 6.17 Å². The van der Waals surface area contributed by atoms with E-state index in [1.807, 2.05) is 24.3 Å². The van der Waals surface area contributed by atoms with Crippen molar-refractivity contribution < 1.29 is 26.3 Å². The van der Waals surface area contributed by atoms with E-state index in [2.05, 4.69) is 16.0 Å².